The van der Waals surface area contributed by atoms with Crippen molar-refractivity contribution in [3.05, 3.63) is 5.82 Å². The molecule has 1 aliphatic carbocycles. The molecule has 0 unspecified atom stereocenters. The average molecular weight is 278 g/mol. The summed E-state index contributed by atoms with van der Waals surface area (Å²) in [6.45, 7) is 4.75. The molecule has 17 heavy (non-hydrogen) atoms. The minimum atomic E-state index is -3.80. The molecular weight excluding hydrogens is 262 g/mol. The molecule has 0 bridgehead atoms. The first-order chi connectivity index (χ1) is 7.93. The maximum atomic E-state index is 11.4. The maximum Gasteiger partial charge on any atom is 0.296 e. The molecule has 0 spiro atoms. The van der Waals surface area contributed by atoms with E-state index >= 15 is 0 Å². The van der Waals surface area contributed by atoms with Gasteiger partial charge in [0.15, 0.2) is 0 Å². The lowest BCUT2D eigenvalue weighted by Crippen LogP contribution is -2.23. The van der Waals surface area contributed by atoms with Crippen molar-refractivity contribution in [1.82, 2.24) is 14.8 Å². The summed E-state index contributed by atoms with van der Waals surface area (Å²) < 4.78 is 24.4. The molecule has 0 atom stereocenters. The first kappa shape index (κ1) is 12.8. The van der Waals surface area contributed by atoms with Gasteiger partial charge in [-0.15, -0.1) is 10.2 Å². The van der Waals surface area contributed by atoms with Crippen molar-refractivity contribution < 1.29 is 8.42 Å². The van der Waals surface area contributed by atoms with Crippen molar-refractivity contribution in [2.24, 2.45) is 5.92 Å². The zero-order valence-electron chi connectivity index (χ0n) is 9.93. The summed E-state index contributed by atoms with van der Waals surface area (Å²) in [6, 6.07) is 0. The van der Waals surface area contributed by atoms with Gasteiger partial charge in [0.1, 0.15) is 5.82 Å². The van der Waals surface area contributed by atoms with Crippen molar-refractivity contribution in [2.45, 2.75) is 50.7 Å². The molecule has 0 N–H and O–H groups in total. The van der Waals surface area contributed by atoms with Gasteiger partial charge in [0, 0.05) is 23.1 Å². The normalized spacial score (nSPS) is 24.6. The van der Waals surface area contributed by atoms with Crippen molar-refractivity contribution in [1.29, 1.82) is 0 Å². The summed E-state index contributed by atoms with van der Waals surface area (Å²) in [5.41, 5.74) is 0. The van der Waals surface area contributed by atoms with E-state index in [0.29, 0.717) is 18.4 Å². The molecule has 1 saturated carbocycles. The summed E-state index contributed by atoms with van der Waals surface area (Å²) in [4.78, 5) is 0. The average Bonchev–Trinajstić information content (AvgIpc) is 2.56. The molecule has 0 aliphatic heterocycles. The van der Waals surface area contributed by atoms with E-state index in [9.17, 15) is 8.42 Å². The summed E-state index contributed by atoms with van der Waals surface area (Å²) in [5, 5.41) is 7.62. The SMILES string of the molecule is CCCn1c(C2CC(C)C2)nnc1S(=O)(=O)Cl. The first-order valence-electron chi connectivity index (χ1n) is 5.81. The summed E-state index contributed by atoms with van der Waals surface area (Å²) in [7, 11) is 1.55. The smallest absolute Gasteiger partial charge is 0.296 e. The van der Waals surface area contributed by atoms with Gasteiger partial charge < -0.3 is 4.57 Å². The number of aromatic nitrogens is 3. The summed E-state index contributed by atoms with van der Waals surface area (Å²) >= 11 is 0. The number of rotatable bonds is 4. The third kappa shape index (κ3) is 2.47. The topological polar surface area (TPSA) is 64.8 Å². The van der Waals surface area contributed by atoms with Gasteiger partial charge in [0.2, 0.25) is 0 Å². The van der Waals surface area contributed by atoms with Gasteiger partial charge in [0.25, 0.3) is 14.2 Å². The Hall–Kier alpha value is -0.620. The van der Waals surface area contributed by atoms with Crippen LogP contribution in [-0.4, -0.2) is 23.2 Å². The molecule has 0 aromatic carbocycles. The van der Waals surface area contributed by atoms with Gasteiger partial charge in [-0.3, -0.25) is 0 Å². The largest absolute Gasteiger partial charge is 0.301 e. The van der Waals surface area contributed by atoms with E-state index < -0.39 is 9.05 Å². The molecule has 1 fully saturated rings. The predicted octanol–water partition coefficient (Wildman–Crippen LogP) is 2.13. The van der Waals surface area contributed by atoms with E-state index in [4.69, 9.17) is 10.7 Å². The Morgan fingerprint density at radius 2 is 2.06 bits per heavy atom. The van der Waals surface area contributed by atoms with Crippen LogP contribution < -0.4 is 0 Å². The summed E-state index contributed by atoms with van der Waals surface area (Å²) in [5.74, 6) is 1.78. The minimum Gasteiger partial charge on any atom is -0.301 e. The molecule has 0 saturated heterocycles. The molecule has 0 amide bonds. The van der Waals surface area contributed by atoms with E-state index in [1.807, 2.05) is 6.92 Å². The van der Waals surface area contributed by atoms with Crippen LogP contribution in [0.1, 0.15) is 44.9 Å². The zero-order valence-corrected chi connectivity index (χ0v) is 11.5. The van der Waals surface area contributed by atoms with Gasteiger partial charge in [0.05, 0.1) is 0 Å². The molecular formula is C10H16ClN3O2S. The highest BCUT2D eigenvalue weighted by Gasteiger charge is 2.33. The highest BCUT2D eigenvalue weighted by Crippen LogP contribution is 2.40. The van der Waals surface area contributed by atoms with E-state index in [2.05, 4.69) is 17.1 Å². The Morgan fingerprint density at radius 3 is 2.53 bits per heavy atom. The van der Waals surface area contributed by atoms with Gasteiger partial charge in [-0.1, -0.05) is 13.8 Å². The van der Waals surface area contributed by atoms with Crippen LogP contribution in [0.4, 0.5) is 0 Å². The lowest BCUT2D eigenvalue weighted by atomic mass is 9.75. The molecule has 7 heteroatoms. The second-order valence-corrected chi connectivity index (χ2v) is 7.16. The quantitative estimate of drug-likeness (QED) is 0.791. The van der Waals surface area contributed by atoms with Crippen LogP contribution in [0.2, 0.25) is 0 Å². The Labute approximate surface area is 106 Å². The Kier molecular flexibility index (Phi) is 3.45. The highest BCUT2D eigenvalue weighted by atomic mass is 35.7. The fraction of sp³-hybridized carbons (Fsp3) is 0.800. The fourth-order valence-corrected chi connectivity index (χ4v) is 3.26. The van der Waals surface area contributed by atoms with Crippen LogP contribution in [0.3, 0.4) is 0 Å². The number of nitrogens with zero attached hydrogens (tertiary/aromatic N) is 3. The van der Waals surface area contributed by atoms with Crippen LogP contribution in [-0.2, 0) is 15.6 Å². The monoisotopic (exact) mass is 277 g/mol. The van der Waals surface area contributed by atoms with Gasteiger partial charge in [-0.05, 0) is 25.2 Å². The number of hydrogen-bond acceptors (Lipinski definition) is 4. The maximum absolute atomic E-state index is 11.4. The van der Waals surface area contributed by atoms with E-state index in [1.54, 1.807) is 4.57 Å². The van der Waals surface area contributed by atoms with E-state index in [0.717, 1.165) is 25.1 Å². The van der Waals surface area contributed by atoms with Crippen molar-refractivity contribution in [2.75, 3.05) is 0 Å². The molecule has 0 radical (unpaired) electrons. The molecule has 1 heterocycles. The number of halogens is 1. The summed E-state index contributed by atoms with van der Waals surface area (Å²) in [6.07, 6.45) is 2.92. The van der Waals surface area contributed by atoms with Crippen LogP contribution in [0.15, 0.2) is 5.16 Å². The van der Waals surface area contributed by atoms with Gasteiger partial charge in [-0.25, -0.2) is 8.42 Å². The first-order valence-corrected chi connectivity index (χ1v) is 8.12. The lowest BCUT2D eigenvalue weighted by molar-refractivity contribution is 0.269. The number of hydrogen-bond donors (Lipinski definition) is 0. The van der Waals surface area contributed by atoms with Gasteiger partial charge in [-0.2, -0.15) is 0 Å². The molecule has 1 aromatic heterocycles. The van der Waals surface area contributed by atoms with Gasteiger partial charge >= 0.3 is 0 Å². The third-order valence-corrected chi connectivity index (χ3v) is 4.30. The Bertz CT molecular complexity index is 506. The van der Waals surface area contributed by atoms with Crippen molar-refractivity contribution in [3.63, 3.8) is 0 Å². The molecule has 1 aromatic rings. The van der Waals surface area contributed by atoms with Crippen LogP contribution in [0.5, 0.6) is 0 Å². The lowest BCUT2D eigenvalue weighted by Gasteiger charge is -2.31. The molecule has 5 nitrogen and oxygen atoms in total. The molecule has 2 rings (SSSR count). The fourth-order valence-electron chi connectivity index (χ4n) is 2.33. The molecule has 1 aliphatic rings. The van der Waals surface area contributed by atoms with Crippen LogP contribution in [0.25, 0.3) is 0 Å². The van der Waals surface area contributed by atoms with Crippen LogP contribution in [0, 0.1) is 5.92 Å². The third-order valence-electron chi connectivity index (χ3n) is 3.15. The second-order valence-electron chi connectivity index (χ2n) is 4.70. The Morgan fingerprint density at radius 1 is 1.41 bits per heavy atom. The van der Waals surface area contributed by atoms with Crippen LogP contribution >= 0.6 is 10.7 Å². The van der Waals surface area contributed by atoms with Crippen molar-refractivity contribution in [3.8, 4) is 0 Å². The predicted molar refractivity (Wildman–Crippen MR) is 64.5 cm³/mol. The van der Waals surface area contributed by atoms with Crippen molar-refractivity contribution >= 4 is 19.7 Å². The van der Waals surface area contributed by atoms with E-state index in [-0.39, 0.29) is 5.16 Å². The minimum absolute atomic E-state index is 0.115. The standard InChI is InChI=1S/C10H16ClN3O2S/c1-3-4-14-9(8-5-7(2)6-8)12-13-10(14)17(11,15)16/h7-8H,3-6H2,1-2H3. The zero-order chi connectivity index (χ0) is 12.6. The Balaban J connectivity index is 2.37. The molecule has 96 valence electrons. The van der Waals surface area contributed by atoms with E-state index in [1.165, 1.54) is 0 Å². The highest BCUT2D eigenvalue weighted by molar-refractivity contribution is 8.13. The second kappa shape index (κ2) is 4.57.